The fraction of sp³-hybridized carbons (Fsp3) is 0. The Morgan fingerprint density at radius 2 is 0.774 bits per heavy atom. The van der Waals surface area contributed by atoms with Crippen LogP contribution >= 0.6 is 0 Å². The van der Waals surface area contributed by atoms with Gasteiger partial charge < -0.3 is 4.42 Å². The molecule has 1 heteroatoms. The van der Waals surface area contributed by atoms with E-state index in [1.165, 1.54) is 5.39 Å². The summed E-state index contributed by atoms with van der Waals surface area (Å²) in [6, 6.07) is 51.1. The van der Waals surface area contributed by atoms with Gasteiger partial charge in [0, 0.05) is 10.8 Å². The molecule has 1 heterocycles. The summed E-state index contributed by atoms with van der Waals surface area (Å²) in [5.74, 6) is 0. The SMILES string of the molecule is [2H]c1c(-c2c3ccccc3c(-c3ccccc3)c3ccccc23)c([2H])c2c([2H])c([2H])c(-c3ccc4c(c3)oc3cc(-c5ccc6ccccc6c5)ccc34)c([2H])c2c1[2H]. The van der Waals surface area contributed by atoms with Crippen LogP contribution in [0.1, 0.15) is 8.22 Å². The molecule has 0 radical (unpaired) electrons. The number of hydrogen-bond donors (Lipinski definition) is 0. The standard InChI is InChI=1S/C52H32O/c1-2-11-34(12-3-1)51-45-14-6-8-16-47(45)52(48-17-9-7-15-46(48)51)42-23-22-36-29-38(20-21-39(36)30-42)41-25-27-44-43-26-24-40(31-49(43)53-50(44)32-41)37-19-18-33-10-4-5-13-35(33)28-37/h1-32H/i20D,21D,22D,23D,29D,30D. The highest BCUT2D eigenvalue weighted by Gasteiger charge is 2.17. The van der Waals surface area contributed by atoms with Crippen molar-refractivity contribution in [3.8, 4) is 44.5 Å². The number of rotatable bonds is 4. The van der Waals surface area contributed by atoms with Crippen LogP contribution in [0.15, 0.2) is 198 Å². The molecule has 0 fully saturated rings. The Balaban J connectivity index is 1.09. The van der Waals surface area contributed by atoms with Crippen LogP contribution in [0.5, 0.6) is 0 Å². The van der Waals surface area contributed by atoms with Crippen molar-refractivity contribution in [1.82, 2.24) is 0 Å². The fourth-order valence-electron chi connectivity index (χ4n) is 7.94. The van der Waals surface area contributed by atoms with E-state index in [1.807, 2.05) is 103 Å². The van der Waals surface area contributed by atoms with E-state index in [1.54, 1.807) is 6.07 Å². The lowest BCUT2D eigenvalue weighted by molar-refractivity contribution is 0.669. The molecule has 10 aromatic carbocycles. The second-order valence-electron chi connectivity index (χ2n) is 13.5. The Bertz CT molecular complexity index is 3510. The average molecular weight is 679 g/mol. The van der Waals surface area contributed by atoms with E-state index in [9.17, 15) is 8.22 Å². The zero-order chi connectivity index (χ0) is 40.1. The quantitative estimate of drug-likeness (QED) is 0.169. The molecule has 0 aliphatic carbocycles. The third-order valence-electron chi connectivity index (χ3n) is 10.5. The van der Waals surface area contributed by atoms with E-state index >= 15 is 0 Å². The van der Waals surface area contributed by atoms with Crippen molar-refractivity contribution in [2.75, 3.05) is 0 Å². The minimum atomic E-state index is -0.259. The summed E-state index contributed by atoms with van der Waals surface area (Å²) in [4.78, 5) is 0. The van der Waals surface area contributed by atoms with Gasteiger partial charge in [-0.25, -0.2) is 0 Å². The summed E-state index contributed by atoms with van der Waals surface area (Å²) in [6.07, 6.45) is 0. The van der Waals surface area contributed by atoms with Crippen molar-refractivity contribution in [1.29, 1.82) is 0 Å². The molecule has 1 nitrogen and oxygen atoms in total. The lowest BCUT2D eigenvalue weighted by Crippen LogP contribution is -1.90. The van der Waals surface area contributed by atoms with Gasteiger partial charge in [0.15, 0.2) is 0 Å². The smallest absolute Gasteiger partial charge is 0.136 e. The fourth-order valence-corrected chi connectivity index (χ4v) is 7.94. The highest BCUT2D eigenvalue weighted by molar-refractivity contribution is 6.21. The Labute approximate surface area is 315 Å². The van der Waals surface area contributed by atoms with Gasteiger partial charge in [0.1, 0.15) is 11.2 Å². The van der Waals surface area contributed by atoms with Crippen molar-refractivity contribution in [3.63, 3.8) is 0 Å². The molecular weight excluding hydrogens is 641 g/mol. The van der Waals surface area contributed by atoms with Gasteiger partial charge in [0.05, 0.1) is 8.22 Å². The van der Waals surface area contributed by atoms with E-state index in [2.05, 4.69) is 48.5 Å². The van der Waals surface area contributed by atoms with Gasteiger partial charge in [-0.15, -0.1) is 0 Å². The molecular formula is C52H32O. The topological polar surface area (TPSA) is 13.1 Å². The zero-order valence-corrected chi connectivity index (χ0v) is 28.4. The Kier molecular flexibility index (Phi) is 5.40. The molecule has 11 aromatic rings. The average Bonchev–Trinajstić information content (AvgIpc) is 3.64. The van der Waals surface area contributed by atoms with Crippen molar-refractivity contribution in [3.05, 3.63) is 194 Å². The van der Waals surface area contributed by atoms with Crippen molar-refractivity contribution >= 4 is 65.0 Å². The first kappa shape index (κ1) is 24.3. The molecule has 0 atom stereocenters. The molecule has 0 aliphatic rings. The summed E-state index contributed by atoms with van der Waals surface area (Å²) in [5.41, 5.74) is 6.92. The van der Waals surface area contributed by atoms with Gasteiger partial charge in [0.25, 0.3) is 0 Å². The third-order valence-corrected chi connectivity index (χ3v) is 10.5. The monoisotopic (exact) mass is 678 g/mol. The van der Waals surface area contributed by atoms with Gasteiger partial charge >= 0.3 is 0 Å². The first-order chi connectivity index (χ1) is 28.8. The molecule has 11 rings (SSSR count). The Morgan fingerprint density at radius 1 is 0.302 bits per heavy atom. The lowest BCUT2D eigenvalue weighted by Gasteiger charge is -2.18. The van der Waals surface area contributed by atoms with Crippen LogP contribution in [0.4, 0.5) is 0 Å². The number of fused-ring (bicyclic) bond motifs is 7. The van der Waals surface area contributed by atoms with Crippen LogP contribution in [0, 0.1) is 0 Å². The molecule has 53 heavy (non-hydrogen) atoms. The maximum absolute atomic E-state index is 9.68. The minimum absolute atomic E-state index is 0.0130. The van der Waals surface area contributed by atoms with E-state index < -0.39 is 0 Å². The third kappa shape index (κ3) is 4.86. The van der Waals surface area contributed by atoms with Crippen LogP contribution in [-0.4, -0.2) is 0 Å². The number of benzene rings is 10. The zero-order valence-electron chi connectivity index (χ0n) is 34.4. The maximum atomic E-state index is 9.68. The normalized spacial score (nSPS) is 13.4. The van der Waals surface area contributed by atoms with Gasteiger partial charge in [-0.05, 0) is 130 Å². The summed E-state index contributed by atoms with van der Waals surface area (Å²) in [6.45, 7) is 0. The predicted molar refractivity (Wildman–Crippen MR) is 225 cm³/mol. The molecule has 0 saturated heterocycles. The number of hydrogen-bond acceptors (Lipinski definition) is 1. The Morgan fingerprint density at radius 3 is 1.42 bits per heavy atom. The van der Waals surface area contributed by atoms with E-state index in [0.717, 1.165) is 60.0 Å². The van der Waals surface area contributed by atoms with Crippen LogP contribution < -0.4 is 0 Å². The largest absolute Gasteiger partial charge is 0.456 e. The number of furan rings is 1. The van der Waals surface area contributed by atoms with Crippen LogP contribution in [0.25, 0.3) is 110 Å². The van der Waals surface area contributed by atoms with Gasteiger partial charge in [-0.3, -0.25) is 0 Å². The Hall–Kier alpha value is -6.96. The minimum Gasteiger partial charge on any atom is -0.456 e. The molecule has 0 N–H and O–H groups in total. The van der Waals surface area contributed by atoms with Gasteiger partial charge in [0.2, 0.25) is 0 Å². The molecule has 0 bridgehead atoms. The maximum Gasteiger partial charge on any atom is 0.136 e. The van der Waals surface area contributed by atoms with E-state index in [0.29, 0.717) is 22.3 Å². The predicted octanol–water partition coefficient (Wildman–Crippen LogP) is 14.9. The van der Waals surface area contributed by atoms with Crippen LogP contribution in [-0.2, 0) is 0 Å². The molecule has 0 saturated carbocycles. The summed E-state index contributed by atoms with van der Waals surface area (Å²) in [7, 11) is 0. The second-order valence-corrected chi connectivity index (χ2v) is 13.5. The summed E-state index contributed by atoms with van der Waals surface area (Å²) < 4.78 is 63.2. The highest BCUT2D eigenvalue weighted by Crippen LogP contribution is 2.44. The van der Waals surface area contributed by atoms with Crippen molar-refractivity contribution in [2.45, 2.75) is 0 Å². The molecule has 0 aliphatic heterocycles. The molecule has 1 aromatic heterocycles. The highest BCUT2D eigenvalue weighted by atomic mass is 16.3. The molecule has 0 unspecified atom stereocenters. The van der Waals surface area contributed by atoms with Crippen molar-refractivity contribution < 1.29 is 12.6 Å². The van der Waals surface area contributed by atoms with Crippen molar-refractivity contribution in [2.24, 2.45) is 0 Å². The lowest BCUT2D eigenvalue weighted by atomic mass is 9.85. The van der Waals surface area contributed by atoms with Crippen LogP contribution in [0.2, 0.25) is 0 Å². The summed E-state index contributed by atoms with van der Waals surface area (Å²) >= 11 is 0. The van der Waals surface area contributed by atoms with Gasteiger partial charge in [-0.2, -0.15) is 0 Å². The van der Waals surface area contributed by atoms with E-state index in [4.69, 9.17) is 4.42 Å². The molecule has 0 spiro atoms. The summed E-state index contributed by atoms with van der Waals surface area (Å²) in [5, 5.41) is 7.68. The van der Waals surface area contributed by atoms with E-state index in [-0.39, 0.29) is 58.2 Å². The molecule has 246 valence electrons. The van der Waals surface area contributed by atoms with Crippen LogP contribution in [0.3, 0.4) is 0 Å². The first-order valence-corrected chi connectivity index (χ1v) is 17.8. The van der Waals surface area contributed by atoms with Gasteiger partial charge in [-0.1, -0.05) is 152 Å². The second kappa shape index (κ2) is 11.8. The molecule has 0 amide bonds. The first-order valence-electron chi connectivity index (χ1n) is 20.8.